The van der Waals surface area contributed by atoms with E-state index in [0.717, 1.165) is 46.3 Å². The van der Waals surface area contributed by atoms with E-state index in [1.807, 2.05) is 33.4 Å². The number of aliphatic hydroxyl groups is 1. The van der Waals surface area contributed by atoms with Crippen LogP contribution in [0.3, 0.4) is 0 Å². The van der Waals surface area contributed by atoms with E-state index in [1.54, 1.807) is 13.8 Å². The predicted molar refractivity (Wildman–Crippen MR) is 222 cm³/mol. The van der Waals surface area contributed by atoms with E-state index >= 15 is 0 Å². The van der Waals surface area contributed by atoms with Gasteiger partial charge in [-0.2, -0.15) is 0 Å². The summed E-state index contributed by atoms with van der Waals surface area (Å²) in [4.78, 5) is 20.3. The van der Waals surface area contributed by atoms with Crippen molar-refractivity contribution in [2.24, 2.45) is 0 Å². The van der Waals surface area contributed by atoms with Gasteiger partial charge in [-0.1, -0.05) is 109 Å². The van der Waals surface area contributed by atoms with Crippen LogP contribution in [0.1, 0.15) is 118 Å². The van der Waals surface area contributed by atoms with Gasteiger partial charge in [-0.05, 0) is 109 Å². The van der Waals surface area contributed by atoms with Crippen molar-refractivity contribution in [2.45, 2.75) is 129 Å². The summed E-state index contributed by atoms with van der Waals surface area (Å²) in [6.45, 7) is 26.5. The highest BCUT2D eigenvalue weighted by Crippen LogP contribution is 2.51. The topological polar surface area (TPSA) is 81.0 Å². The maximum absolute atomic E-state index is 10.4. The lowest BCUT2D eigenvalue weighted by Crippen LogP contribution is -2.48. The van der Waals surface area contributed by atoms with Crippen molar-refractivity contribution in [3.63, 3.8) is 0 Å². The average Bonchev–Trinajstić information content (AvgIpc) is 3.41. The molecule has 1 radical (unpaired) electrons. The van der Waals surface area contributed by atoms with Gasteiger partial charge in [0.05, 0.1) is 16.9 Å². The molecule has 5 aromatic rings. The van der Waals surface area contributed by atoms with E-state index in [1.165, 1.54) is 22.3 Å². The fraction of sp³-hybridized carbons (Fsp3) is 0.447. The third kappa shape index (κ3) is 7.06. The van der Waals surface area contributed by atoms with Crippen LogP contribution in [0.2, 0.25) is 0 Å². The molecule has 0 amide bonds. The third-order valence-electron chi connectivity index (χ3n) is 12.3. The van der Waals surface area contributed by atoms with Gasteiger partial charge >= 0.3 is 0 Å². The number of nitrogens with zero attached hydrogens (tertiary/aromatic N) is 4. The van der Waals surface area contributed by atoms with E-state index in [-0.39, 0.29) is 21.7 Å². The smallest absolute Gasteiger partial charge is 0.185 e. The van der Waals surface area contributed by atoms with Crippen LogP contribution in [-0.4, -0.2) is 50.0 Å². The first-order valence-electron chi connectivity index (χ1n) is 19.4. The van der Waals surface area contributed by atoms with Crippen LogP contribution in [0.5, 0.6) is 0 Å². The Morgan fingerprint density at radius 3 is 1.44 bits per heavy atom. The molecule has 0 fully saturated rings. The number of fused-ring (bicyclic) bond motifs is 2. The molecule has 7 heteroatoms. The Morgan fingerprint density at radius 2 is 1.00 bits per heavy atom. The summed E-state index contributed by atoms with van der Waals surface area (Å²) in [5, 5.41) is 10.4. The summed E-state index contributed by atoms with van der Waals surface area (Å²) < 4.78 is 5.98. The van der Waals surface area contributed by atoms with E-state index in [0.29, 0.717) is 24.0 Å². The van der Waals surface area contributed by atoms with Crippen LogP contribution in [0.15, 0.2) is 79.0 Å². The lowest BCUT2D eigenvalue weighted by molar-refractivity contribution is -0.135. The van der Waals surface area contributed by atoms with E-state index in [4.69, 9.17) is 24.7 Å². The van der Waals surface area contributed by atoms with Crippen molar-refractivity contribution >= 4 is 12.7 Å². The number of pyridine rings is 1. The second kappa shape index (κ2) is 12.9. The number of ether oxygens (including phenoxy) is 1. The van der Waals surface area contributed by atoms with Gasteiger partial charge in [0.2, 0.25) is 0 Å². The fourth-order valence-corrected chi connectivity index (χ4v) is 9.03. The summed E-state index contributed by atoms with van der Waals surface area (Å²) in [7, 11) is 2.02. The van der Waals surface area contributed by atoms with Gasteiger partial charge in [0.15, 0.2) is 24.8 Å². The normalized spacial score (nSPS) is 17.9. The zero-order chi connectivity index (χ0) is 39.1. The molecule has 0 spiro atoms. The van der Waals surface area contributed by atoms with Crippen molar-refractivity contribution in [3.05, 3.63) is 101 Å². The van der Waals surface area contributed by atoms with Gasteiger partial charge < -0.3 is 9.84 Å². The van der Waals surface area contributed by atoms with Gasteiger partial charge in [-0.3, -0.25) is 4.98 Å². The molecule has 2 aromatic heterocycles. The number of hydrogen-bond donors (Lipinski definition) is 1. The summed E-state index contributed by atoms with van der Waals surface area (Å²) in [6, 6.07) is 25.9. The van der Waals surface area contributed by atoms with Crippen molar-refractivity contribution in [3.8, 4) is 45.4 Å². The van der Waals surface area contributed by atoms with E-state index in [2.05, 4.69) is 122 Å². The molecule has 2 aliphatic rings. The number of hydrogen-bond acceptors (Lipinski definition) is 6. The number of aromatic nitrogens is 4. The Bertz CT molecular complexity index is 2120. The summed E-state index contributed by atoms with van der Waals surface area (Å²) in [6.07, 6.45) is 4.07. The highest BCUT2D eigenvalue weighted by atomic mass is 16.5. The molecule has 0 aliphatic heterocycles. The Kier molecular flexibility index (Phi) is 9.14. The minimum absolute atomic E-state index is 0.0592. The minimum atomic E-state index is -0.945. The highest BCUT2D eigenvalue weighted by Gasteiger charge is 2.43. The predicted octanol–water partition coefficient (Wildman–Crippen LogP) is 9.71. The first kappa shape index (κ1) is 38.1. The Labute approximate surface area is 323 Å². The quantitative estimate of drug-likeness (QED) is 0.153. The molecule has 2 aliphatic carbocycles. The van der Waals surface area contributed by atoms with Crippen LogP contribution in [0.4, 0.5) is 0 Å². The molecule has 279 valence electrons. The fourth-order valence-electron chi connectivity index (χ4n) is 9.03. The van der Waals surface area contributed by atoms with Crippen LogP contribution < -0.4 is 5.46 Å². The van der Waals surface area contributed by atoms with Gasteiger partial charge in [0.1, 0.15) is 0 Å². The molecule has 2 heterocycles. The van der Waals surface area contributed by atoms with E-state index in [9.17, 15) is 5.11 Å². The third-order valence-corrected chi connectivity index (χ3v) is 12.3. The highest BCUT2D eigenvalue weighted by molar-refractivity contribution is 6.53. The maximum Gasteiger partial charge on any atom is 0.185 e. The molecule has 6 nitrogen and oxygen atoms in total. The molecule has 0 bridgehead atoms. The van der Waals surface area contributed by atoms with E-state index < -0.39 is 11.2 Å². The SMILES string of the molecule is CC1(C)CC(C)(C)c2cc(-c3nc(-c4ccc(-c5ccc([B]COC(C)(C)C(C)(C)O)cc5)nc4)nc(-c4ccc5c(c4)C(C)(C)CC5(C)C)n3)ccc21. The monoisotopic (exact) mass is 719 g/mol. The summed E-state index contributed by atoms with van der Waals surface area (Å²) >= 11 is 0. The summed E-state index contributed by atoms with van der Waals surface area (Å²) in [5.74, 6) is 1.95. The van der Waals surface area contributed by atoms with Crippen LogP contribution in [0.25, 0.3) is 45.4 Å². The molecule has 54 heavy (non-hydrogen) atoms. The second-order valence-corrected chi connectivity index (χ2v) is 19.4. The standard InChI is InChI=1S/C47H56BN4O2/c1-42(2)26-44(5,6)36-23-30(15-20-34(36)42)39-50-40(31-16-21-35-37(24-31)45(7,8)27-43(35,3)4)52-41(51-39)32-17-22-38(49-25-32)29-13-18-33(19-14-29)48-28-54-47(11,12)46(9,10)53/h13-25,53H,26-28H2,1-12H3. The van der Waals surface area contributed by atoms with Gasteiger partial charge in [0.25, 0.3) is 0 Å². The molecule has 3 aromatic carbocycles. The zero-order valence-corrected chi connectivity index (χ0v) is 34.3. The Morgan fingerprint density at radius 1 is 0.574 bits per heavy atom. The van der Waals surface area contributed by atoms with Crippen molar-refractivity contribution in [1.29, 1.82) is 0 Å². The van der Waals surface area contributed by atoms with Gasteiger partial charge in [0, 0.05) is 35.0 Å². The molecule has 1 N–H and O–H groups in total. The van der Waals surface area contributed by atoms with Gasteiger partial charge in [-0.15, -0.1) is 0 Å². The Balaban J connectivity index is 1.22. The molecule has 0 unspecified atom stereocenters. The first-order valence-corrected chi connectivity index (χ1v) is 19.4. The second-order valence-electron chi connectivity index (χ2n) is 19.4. The van der Waals surface area contributed by atoms with Crippen LogP contribution in [0, 0.1) is 0 Å². The number of benzene rings is 3. The average molecular weight is 720 g/mol. The molecule has 0 saturated carbocycles. The molecular weight excluding hydrogens is 663 g/mol. The molecule has 7 rings (SSSR count). The lowest BCUT2D eigenvalue weighted by Gasteiger charge is -2.37. The Hall–Kier alpha value is -4.20. The van der Waals surface area contributed by atoms with Gasteiger partial charge in [-0.25, -0.2) is 15.0 Å². The van der Waals surface area contributed by atoms with Crippen LogP contribution >= 0.6 is 0 Å². The molecular formula is C47H56BN4O2. The molecule has 0 atom stereocenters. The lowest BCUT2D eigenvalue weighted by atomic mass is 9.71. The number of rotatable bonds is 9. The first-order chi connectivity index (χ1) is 25.1. The van der Waals surface area contributed by atoms with Crippen molar-refractivity contribution in [1.82, 2.24) is 19.9 Å². The maximum atomic E-state index is 10.4. The minimum Gasteiger partial charge on any atom is -0.387 e. The zero-order valence-electron chi connectivity index (χ0n) is 34.3. The largest absolute Gasteiger partial charge is 0.387 e. The molecule has 0 saturated heterocycles. The van der Waals surface area contributed by atoms with Crippen molar-refractivity contribution < 1.29 is 9.84 Å². The van der Waals surface area contributed by atoms with Crippen LogP contribution in [-0.2, 0) is 26.4 Å². The van der Waals surface area contributed by atoms with Crippen molar-refractivity contribution in [2.75, 3.05) is 6.51 Å². The summed E-state index contributed by atoms with van der Waals surface area (Å²) in [5.41, 5.74) is 10.1.